The summed E-state index contributed by atoms with van der Waals surface area (Å²) in [4.78, 5) is 24.2. The topological polar surface area (TPSA) is 185 Å². The maximum atomic E-state index is 12.8. The van der Waals surface area contributed by atoms with E-state index < -0.39 is 47.9 Å². The average molecular weight is 490 g/mol. The van der Waals surface area contributed by atoms with Gasteiger partial charge in [0, 0.05) is 17.7 Å². The van der Waals surface area contributed by atoms with Crippen LogP contribution in [0.5, 0.6) is 23.0 Å². The van der Waals surface area contributed by atoms with Gasteiger partial charge in [0.05, 0.1) is 14.2 Å². The number of hydrogen-bond donors (Lipinski definition) is 5. The summed E-state index contributed by atoms with van der Waals surface area (Å²) in [5, 5.41) is 49.9. The molecular weight excluding hydrogens is 468 g/mol. The zero-order valence-corrected chi connectivity index (χ0v) is 18.4. The van der Waals surface area contributed by atoms with Crippen molar-refractivity contribution in [3.8, 4) is 34.3 Å². The van der Waals surface area contributed by atoms with Crippen LogP contribution in [-0.2, 0) is 9.53 Å². The number of aromatic hydroxyl groups is 1. The summed E-state index contributed by atoms with van der Waals surface area (Å²) >= 11 is 0. The van der Waals surface area contributed by atoms with Gasteiger partial charge in [-0.3, -0.25) is 4.79 Å². The highest BCUT2D eigenvalue weighted by molar-refractivity contribution is 5.89. The van der Waals surface area contributed by atoms with Crippen molar-refractivity contribution in [3.05, 3.63) is 46.6 Å². The molecule has 5 N–H and O–H groups in total. The number of rotatable bonds is 6. The third-order valence-electron chi connectivity index (χ3n) is 5.55. The number of aliphatic carboxylic acids is 1. The van der Waals surface area contributed by atoms with Crippen LogP contribution in [-0.4, -0.2) is 76.4 Å². The van der Waals surface area contributed by atoms with Gasteiger partial charge in [0.1, 0.15) is 40.8 Å². The summed E-state index contributed by atoms with van der Waals surface area (Å²) in [7, 11) is 2.69. The van der Waals surface area contributed by atoms with E-state index in [1.807, 2.05) is 0 Å². The summed E-state index contributed by atoms with van der Waals surface area (Å²) in [5.41, 5.74) is -0.162. The first kappa shape index (κ1) is 24.3. The Bertz CT molecular complexity index is 1300. The van der Waals surface area contributed by atoms with Crippen molar-refractivity contribution in [2.45, 2.75) is 30.7 Å². The highest BCUT2D eigenvalue weighted by Gasteiger charge is 2.48. The molecule has 4 rings (SSSR count). The fourth-order valence-electron chi connectivity index (χ4n) is 3.72. The van der Waals surface area contributed by atoms with Crippen molar-refractivity contribution in [1.29, 1.82) is 0 Å². The molecule has 12 nitrogen and oxygen atoms in total. The number of phenols is 1. The van der Waals surface area contributed by atoms with Gasteiger partial charge in [-0.05, 0) is 24.3 Å². The second kappa shape index (κ2) is 9.43. The van der Waals surface area contributed by atoms with Crippen molar-refractivity contribution in [2.75, 3.05) is 14.2 Å². The van der Waals surface area contributed by atoms with Crippen molar-refractivity contribution in [2.24, 2.45) is 0 Å². The van der Waals surface area contributed by atoms with Crippen LogP contribution in [0.4, 0.5) is 0 Å². The number of ether oxygens (including phenoxy) is 4. The Hall–Kier alpha value is -3.84. The fraction of sp³-hybridized carbons (Fsp3) is 0.304. The fourth-order valence-corrected chi connectivity index (χ4v) is 3.72. The maximum absolute atomic E-state index is 12.8. The van der Waals surface area contributed by atoms with Crippen molar-refractivity contribution >= 4 is 16.9 Å². The number of benzene rings is 2. The number of fused-ring (bicyclic) bond motifs is 1. The number of carboxylic acid groups (broad SMARTS) is 1. The number of methoxy groups -OCH3 is 2. The molecule has 186 valence electrons. The lowest BCUT2D eigenvalue weighted by molar-refractivity contribution is -0.271. The number of hydrogen-bond acceptors (Lipinski definition) is 11. The van der Waals surface area contributed by atoms with Crippen LogP contribution in [0.1, 0.15) is 0 Å². The first-order valence-electron chi connectivity index (χ1n) is 10.3. The molecule has 12 heteroatoms. The summed E-state index contributed by atoms with van der Waals surface area (Å²) < 4.78 is 26.7. The molecule has 0 aliphatic carbocycles. The van der Waals surface area contributed by atoms with E-state index in [4.69, 9.17) is 23.4 Å². The Morgan fingerprint density at radius 2 is 1.66 bits per heavy atom. The standard InChI is InChI=1S/C23H22O12/c1-31-10-5-3-9(4-6-10)12-7-11(24)15-13(33-12)8-14(20(32-2)16(15)25)34-23-19(28)17(26)18(27)21(35-23)22(29)30/h3-8,17-19,21,23,25-28H,1-2H3,(H,29,30)/t17-,18-,19+,21+,23+/m0/s1. The van der Waals surface area contributed by atoms with Crippen LogP contribution in [0.3, 0.4) is 0 Å². The van der Waals surface area contributed by atoms with Gasteiger partial charge in [0.15, 0.2) is 23.0 Å². The summed E-state index contributed by atoms with van der Waals surface area (Å²) in [6, 6.07) is 9.03. The Labute approximate surface area is 197 Å². The lowest BCUT2D eigenvalue weighted by atomic mass is 9.99. The molecule has 1 fully saturated rings. The summed E-state index contributed by atoms with van der Waals surface area (Å²) in [5.74, 6) is -2.09. The molecule has 0 bridgehead atoms. The smallest absolute Gasteiger partial charge is 0.335 e. The molecule has 0 spiro atoms. The van der Waals surface area contributed by atoms with Gasteiger partial charge in [0.25, 0.3) is 0 Å². The number of carboxylic acids is 1. The first-order valence-corrected chi connectivity index (χ1v) is 10.3. The third kappa shape index (κ3) is 4.35. The SMILES string of the molecule is COc1ccc(-c2cc(=O)c3c(O)c(OC)c(O[C@@H]4O[C@@H](C(=O)O)[C@@H](O)[C@H](O)[C@H]4O)cc3o2)cc1. The molecule has 3 aromatic rings. The van der Waals surface area contributed by atoms with E-state index in [9.17, 15) is 35.1 Å². The van der Waals surface area contributed by atoms with Crippen LogP contribution >= 0.6 is 0 Å². The predicted octanol–water partition coefficient (Wildman–Crippen LogP) is 0.454. The van der Waals surface area contributed by atoms with Crippen LogP contribution in [0.15, 0.2) is 45.6 Å². The van der Waals surface area contributed by atoms with Gasteiger partial charge in [-0.15, -0.1) is 0 Å². The molecule has 0 saturated carbocycles. The largest absolute Gasteiger partial charge is 0.504 e. The van der Waals surface area contributed by atoms with Crippen LogP contribution < -0.4 is 19.6 Å². The predicted molar refractivity (Wildman–Crippen MR) is 118 cm³/mol. The molecule has 0 radical (unpaired) electrons. The Kier molecular flexibility index (Phi) is 6.54. The van der Waals surface area contributed by atoms with Gasteiger partial charge in [-0.2, -0.15) is 0 Å². The van der Waals surface area contributed by atoms with E-state index in [0.717, 1.165) is 0 Å². The Morgan fingerprint density at radius 1 is 0.971 bits per heavy atom. The van der Waals surface area contributed by atoms with Gasteiger partial charge in [-0.1, -0.05) is 0 Å². The zero-order chi connectivity index (χ0) is 25.4. The molecule has 5 atom stereocenters. The van der Waals surface area contributed by atoms with E-state index in [1.165, 1.54) is 26.4 Å². The monoisotopic (exact) mass is 490 g/mol. The Morgan fingerprint density at radius 3 is 2.26 bits per heavy atom. The molecular formula is C23H22O12. The van der Waals surface area contributed by atoms with E-state index in [2.05, 4.69) is 0 Å². The summed E-state index contributed by atoms with van der Waals surface area (Å²) in [6.45, 7) is 0. The molecule has 0 unspecified atom stereocenters. The highest BCUT2D eigenvalue weighted by atomic mass is 16.7. The molecule has 1 aromatic heterocycles. The van der Waals surface area contributed by atoms with Gasteiger partial charge in [0.2, 0.25) is 12.0 Å². The second-order valence-corrected chi connectivity index (χ2v) is 7.69. The molecule has 1 aliphatic heterocycles. The lowest BCUT2D eigenvalue weighted by Gasteiger charge is -2.38. The van der Waals surface area contributed by atoms with E-state index in [0.29, 0.717) is 11.3 Å². The van der Waals surface area contributed by atoms with E-state index >= 15 is 0 Å². The van der Waals surface area contributed by atoms with E-state index in [-0.39, 0.29) is 28.2 Å². The maximum Gasteiger partial charge on any atom is 0.335 e. The number of carbonyl (C=O) groups is 1. The zero-order valence-electron chi connectivity index (χ0n) is 18.4. The first-order chi connectivity index (χ1) is 16.7. The van der Waals surface area contributed by atoms with Crippen molar-refractivity contribution in [1.82, 2.24) is 0 Å². The van der Waals surface area contributed by atoms with Gasteiger partial charge >= 0.3 is 5.97 Å². The van der Waals surface area contributed by atoms with E-state index in [1.54, 1.807) is 24.3 Å². The molecule has 2 aromatic carbocycles. The normalized spacial score (nSPS) is 24.2. The second-order valence-electron chi connectivity index (χ2n) is 7.69. The molecule has 35 heavy (non-hydrogen) atoms. The third-order valence-corrected chi connectivity index (χ3v) is 5.55. The molecule has 1 saturated heterocycles. The molecule has 1 aliphatic rings. The quantitative estimate of drug-likeness (QED) is 0.322. The van der Waals surface area contributed by atoms with Crippen LogP contribution in [0.25, 0.3) is 22.3 Å². The Balaban J connectivity index is 1.78. The average Bonchev–Trinajstić information content (AvgIpc) is 2.83. The minimum absolute atomic E-state index is 0.114. The summed E-state index contributed by atoms with van der Waals surface area (Å²) in [6.07, 6.45) is -9.37. The molecule has 2 heterocycles. The minimum atomic E-state index is -1.92. The number of phenolic OH excluding ortho intramolecular Hbond substituents is 1. The molecule has 0 amide bonds. The van der Waals surface area contributed by atoms with Crippen LogP contribution in [0, 0.1) is 0 Å². The highest BCUT2D eigenvalue weighted by Crippen LogP contribution is 2.43. The number of aliphatic hydroxyl groups excluding tert-OH is 3. The van der Waals surface area contributed by atoms with Gasteiger partial charge < -0.3 is 48.9 Å². The van der Waals surface area contributed by atoms with Crippen molar-refractivity contribution < 1.29 is 53.7 Å². The van der Waals surface area contributed by atoms with Crippen molar-refractivity contribution in [3.63, 3.8) is 0 Å². The minimum Gasteiger partial charge on any atom is -0.504 e. The van der Waals surface area contributed by atoms with Gasteiger partial charge in [-0.25, -0.2) is 4.79 Å². The van der Waals surface area contributed by atoms with Crippen LogP contribution in [0.2, 0.25) is 0 Å². The number of aliphatic hydroxyl groups is 3. The lowest BCUT2D eigenvalue weighted by Crippen LogP contribution is -2.61.